The lowest BCUT2D eigenvalue weighted by atomic mass is 10.1. The average molecular weight is 485 g/mol. The third-order valence-electron chi connectivity index (χ3n) is 5.72. The molecule has 0 aliphatic carbocycles. The first-order valence-corrected chi connectivity index (χ1v) is 12.9. The van der Waals surface area contributed by atoms with Crippen LogP contribution >= 0.6 is 23.5 Å². The van der Waals surface area contributed by atoms with Crippen LogP contribution in [-0.2, 0) is 7.05 Å². The number of thiophene rings is 1. The summed E-state index contributed by atoms with van der Waals surface area (Å²) < 4.78 is 6.98. The van der Waals surface area contributed by atoms with E-state index in [1.807, 2.05) is 37.6 Å². The summed E-state index contributed by atoms with van der Waals surface area (Å²) in [6.45, 7) is 6.40. The Morgan fingerprint density at radius 1 is 1.27 bits per heavy atom. The lowest BCUT2D eigenvalue weighted by Gasteiger charge is -2.37. The van der Waals surface area contributed by atoms with Gasteiger partial charge < -0.3 is 10.2 Å². The molecule has 9 heteroatoms. The molecular weight excluding hydrogens is 452 g/mol. The molecule has 0 saturated carbocycles. The minimum absolute atomic E-state index is 0.233. The highest BCUT2D eigenvalue weighted by molar-refractivity contribution is 7.99. The number of anilines is 2. The van der Waals surface area contributed by atoms with E-state index in [1.165, 1.54) is 17.0 Å². The molecule has 1 atom stereocenters. The third kappa shape index (κ3) is 5.90. The maximum absolute atomic E-state index is 13.0. The zero-order valence-electron chi connectivity index (χ0n) is 19.6. The second-order valence-corrected chi connectivity index (χ2v) is 10.7. The van der Waals surface area contributed by atoms with Crippen molar-refractivity contribution in [2.24, 2.45) is 7.05 Å². The predicted molar refractivity (Wildman–Crippen MR) is 140 cm³/mol. The van der Waals surface area contributed by atoms with Gasteiger partial charge in [0.05, 0.1) is 40.6 Å². The van der Waals surface area contributed by atoms with E-state index in [4.69, 9.17) is 0 Å². The van der Waals surface area contributed by atoms with Crippen molar-refractivity contribution in [3.63, 3.8) is 0 Å². The van der Waals surface area contributed by atoms with Gasteiger partial charge in [-0.1, -0.05) is 44.2 Å². The third-order valence-corrected chi connectivity index (χ3v) is 8.19. The van der Waals surface area contributed by atoms with E-state index < -0.39 is 0 Å². The molecule has 0 radical (unpaired) electrons. The molecule has 33 heavy (non-hydrogen) atoms. The molecule has 0 spiro atoms. The molecule has 1 fully saturated rings. The van der Waals surface area contributed by atoms with Crippen LogP contribution in [0.2, 0.25) is 0 Å². The number of rotatable bonds is 7. The molecular formula is C24H32N6OS2. The number of nitrogens with one attached hydrogen (secondary N) is 2. The summed E-state index contributed by atoms with van der Waals surface area (Å²) in [6.07, 6.45) is 6.05. The van der Waals surface area contributed by atoms with E-state index in [1.54, 1.807) is 16.0 Å². The Labute approximate surface area is 204 Å². The van der Waals surface area contributed by atoms with Crippen LogP contribution < -0.4 is 14.3 Å². The van der Waals surface area contributed by atoms with Crippen molar-refractivity contribution in [1.82, 2.24) is 19.4 Å². The van der Waals surface area contributed by atoms with Crippen molar-refractivity contribution < 1.29 is 4.79 Å². The van der Waals surface area contributed by atoms with Gasteiger partial charge in [-0.15, -0.1) is 11.3 Å². The lowest BCUT2D eigenvalue weighted by molar-refractivity contribution is 0.253. The van der Waals surface area contributed by atoms with Gasteiger partial charge in [-0.2, -0.15) is 5.10 Å². The Morgan fingerprint density at radius 3 is 2.73 bits per heavy atom. The van der Waals surface area contributed by atoms with E-state index in [2.05, 4.69) is 63.4 Å². The topological polar surface area (TPSA) is 65.4 Å². The van der Waals surface area contributed by atoms with Gasteiger partial charge in [-0.3, -0.25) is 13.7 Å². The van der Waals surface area contributed by atoms with Gasteiger partial charge in [0.15, 0.2) is 0 Å². The Morgan fingerprint density at radius 2 is 2.06 bits per heavy atom. The van der Waals surface area contributed by atoms with Crippen LogP contribution in [-0.4, -0.2) is 46.9 Å². The highest BCUT2D eigenvalue weighted by Crippen LogP contribution is 2.39. The van der Waals surface area contributed by atoms with Gasteiger partial charge in [-0.05, 0) is 44.0 Å². The van der Waals surface area contributed by atoms with Crippen molar-refractivity contribution in [2.75, 3.05) is 29.8 Å². The first-order chi connectivity index (χ1) is 15.9. The summed E-state index contributed by atoms with van der Waals surface area (Å²) in [5, 5.41) is 7.42. The maximum Gasteiger partial charge on any atom is 0.330 e. The van der Waals surface area contributed by atoms with E-state index >= 15 is 0 Å². The molecule has 3 aromatic rings. The molecule has 1 unspecified atom stereocenters. The Kier molecular flexibility index (Phi) is 7.62. The number of piperidine rings is 1. The molecule has 3 heterocycles. The number of aromatic nitrogens is 2. The summed E-state index contributed by atoms with van der Waals surface area (Å²) in [6, 6.07) is 12.4. The molecule has 4 rings (SSSR count). The van der Waals surface area contributed by atoms with E-state index in [9.17, 15) is 4.79 Å². The van der Waals surface area contributed by atoms with Crippen LogP contribution in [0, 0.1) is 0 Å². The molecule has 2 aromatic heterocycles. The van der Waals surface area contributed by atoms with Crippen molar-refractivity contribution in [1.29, 1.82) is 0 Å². The van der Waals surface area contributed by atoms with Gasteiger partial charge in [0.1, 0.15) is 0 Å². The second-order valence-electron chi connectivity index (χ2n) is 8.82. The summed E-state index contributed by atoms with van der Waals surface area (Å²) in [7, 11) is 4.06. The van der Waals surface area contributed by atoms with Crippen molar-refractivity contribution in [3.8, 4) is 10.4 Å². The van der Waals surface area contributed by atoms with E-state index in [0.29, 0.717) is 12.0 Å². The minimum atomic E-state index is -0.233. The Hall–Kier alpha value is -2.49. The molecule has 2 N–H and O–H groups in total. The molecule has 1 aliphatic heterocycles. The smallest absolute Gasteiger partial charge is 0.306 e. The normalized spacial score (nSPS) is 16.7. The van der Waals surface area contributed by atoms with Crippen LogP contribution in [0.25, 0.3) is 10.4 Å². The largest absolute Gasteiger partial charge is 0.330 e. The maximum atomic E-state index is 13.0. The summed E-state index contributed by atoms with van der Waals surface area (Å²) in [4.78, 5) is 17.6. The van der Waals surface area contributed by atoms with E-state index in [-0.39, 0.29) is 6.03 Å². The first kappa shape index (κ1) is 23.7. The number of nitrogens with zero attached hydrogens (tertiary/aromatic N) is 4. The number of carbonyl (C=O) groups is 1. The van der Waals surface area contributed by atoms with Crippen molar-refractivity contribution in [2.45, 2.75) is 38.6 Å². The summed E-state index contributed by atoms with van der Waals surface area (Å²) in [5.74, 6) is 0.398. The van der Waals surface area contributed by atoms with Gasteiger partial charge in [0.2, 0.25) is 0 Å². The number of hydrogen-bond donors (Lipinski definition) is 2. The number of urea groups is 1. The van der Waals surface area contributed by atoms with Crippen molar-refractivity contribution in [3.05, 3.63) is 53.7 Å². The molecule has 1 aromatic carbocycles. The lowest BCUT2D eigenvalue weighted by Crippen LogP contribution is -2.45. The number of amides is 2. The number of likely N-dealkylation sites (N-methyl/N-ethyl adjacent to an activating group) is 1. The second kappa shape index (κ2) is 10.6. The molecule has 1 saturated heterocycles. The molecule has 0 bridgehead atoms. The number of benzene rings is 1. The fourth-order valence-electron chi connectivity index (χ4n) is 4.02. The number of likely N-dealkylation sites (tertiary alicyclic amines) is 1. The van der Waals surface area contributed by atoms with Crippen molar-refractivity contribution >= 4 is 40.9 Å². The Bertz CT molecular complexity index is 1060. The predicted octanol–water partition coefficient (Wildman–Crippen LogP) is 5.56. The van der Waals surface area contributed by atoms with Crippen LogP contribution in [0.3, 0.4) is 0 Å². The van der Waals surface area contributed by atoms with Crippen LogP contribution in [0.5, 0.6) is 0 Å². The molecule has 1 aliphatic rings. The summed E-state index contributed by atoms with van der Waals surface area (Å²) in [5.41, 5.74) is 2.95. The van der Waals surface area contributed by atoms with Gasteiger partial charge in [0.25, 0.3) is 0 Å². The first-order valence-electron chi connectivity index (χ1n) is 11.3. The van der Waals surface area contributed by atoms with Crippen LogP contribution in [0.15, 0.2) is 48.8 Å². The number of aryl methyl sites for hydroxylation is 1. The monoisotopic (exact) mass is 484 g/mol. The van der Waals surface area contributed by atoms with Gasteiger partial charge in [0, 0.05) is 24.7 Å². The van der Waals surface area contributed by atoms with Crippen LogP contribution in [0.4, 0.5) is 16.2 Å². The number of carbonyl (C=O) groups excluding carboxylic acids is 1. The fourth-order valence-corrected chi connectivity index (χ4v) is 5.90. The highest BCUT2D eigenvalue weighted by Gasteiger charge is 2.26. The van der Waals surface area contributed by atoms with Crippen LogP contribution in [0.1, 0.15) is 37.5 Å². The molecule has 2 amide bonds. The Balaban J connectivity index is 1.48. The van der Waals surface area contributed by atoms with E-state index in [0.717, 1.165) is 47.7 Å². The standard InChI is InChI=1S/C24H32N6OS2/c1-17(2)22-13-21(23(32-22)18-9-6-5-7-10-18)26-24(31)27-33-30(20-14-25-29(4)16-20)19-11-8-12-28(3)15-19/h5-7,9-10,13-14,16-17,19H,8,11-12,15H2,1-4H3,(H2,26,27,31). The molecule has 7 nitrogen and oxygen atoms in total. The fraction of sp³-hybridized carbons (Fsp3) is 0.417. The number of hydrogen-bond acceptors (Lipinski definition) is 6. The zero-order valence-corrected chi connectivity index (χ0v) is 21.2. The molecule has 176 valence electrons. The highest BCUT2D eigenvalue weighted by atomic mass is 32.2. The average Bonchev–Trinajstić information content (AvgIpc) is 3.41. The summed E-state index contributed by atoms with van der Waals surface area (Å²) >= 11 is 3.07. The minimum Gasteiger partial charge on any atom is -0.306 e. The van der Waals surface area contributed by atoms with Gasteiger partial charge in [-0.25, -0.2) is 4.79 Å². The quantitative estimate of drug-likeness (QED) is 0.430. The van der Waals surface area contributed by atoms with Gasteiger partial charge >= 0.3 is 6.03 Å². The zero-order chi connectivity index (χ0) is 23.4. The SMILES string of the molecule is CC(C)c1cc(NC(=O)NSN(c2cnn(C)c2)C2CCCN(C)C2)c(-c2ccccc2)s1.